The Bertz CT molecular complexity index is 442. The lowest BCUT2D eigenvalue weighted by molar-refractivity contribution is -0.128. The third kappa shape index (κ3) is 3.71. The standard InChI is InChI=1S/C15H21ClN2O/c1-18(2)15(19)7-8-17-12-9-11(10-12)13-5-3-4-6-14(13)16/h3-6,11-12,17H,7-10H2,1-2H3. The summed E-state index contributed by atoms with van der Waals surface area (Å²) in [5, 5.41) is 4.30. The second kappa shape index (κ2) is 6.40. The van der Waals surface area contributed by atoms with E-state index in [1.807, 2.05) is 18.2 Å². The molecule has 0 saturated heterocycles. The van der Waals surface area contributed by atoms with Gasteiger partial charge < -0.3 is 10.2 Å². The lowest BCUT2D eigenvalue weighted by atomic mass is 9.76. The van der Waals surface area contributed by atoms with Crippen LogP contribution in [0.2, 0.25) is 5.02 Å². The summed E-state index contributed by atoms with van der Waals surface area (Å²) in [5.41, 5.74) is 1.26. The first kappa shape index (κ1) is 14.4. The van der Waals surface area contributed by atoms with Crippen molar-refractivity contribution in [3.63, 3.8) is 0 Å². The zero-order chi connectivity index (χ0) is 13.8. The highest BCUT2D eigenvalue weighted by Crippen LogP contribution is 2.39. The van der Waals surface area contributed by atoms with Crippen molar-refractivity contribution in [1.29, 1.82) is 0 Å². The van der Waals surface area contributed by atoms with Gasteiger partial charge in [-0.1, -0.05) is 29.8 Å². The Hall–Kier alpha value is -1.06. The van der Waals surface area contributed by atoms with E-state index in [-0.39, 0.29) is 5.91 Å². The minimum atomic E-state index is 0.175. The fourth-order valence-electron chi connectivity index (χ4n) is 2.45. The average Bonchev–Trinajstić information content (AvgIpc) is 2.33. The number of carbonyl (C=O) groups excluding carboxylic acids is 1. The molecule has 1 aliphatic carbocycles. The molecule has 4 heteroatoms. The zero-order valence-corrected chi connectivity index (χ0v) is 12.3. The molecule has 2 rings (SSSR count). The molecule has 104 valence electrons. The first-order chi connectivity index (χ1) is 9.08. The summed E-state index contributed by atoms with van der Waals surface area (Å²) in [6.07, 6.45) is 2.79. The lowest BCUT2D eigenvalue weighted by Crippen LogP contribution is -2.41. The summed E-state index contributed by atoms with van der Waals surface area (Å²) in [6.45, 7) is 0.761. The van der Waals surface area contributed by atoms with E-state index < -0.39 is 0 Å². The number of hydrogen-bond donors (Lipinski definition) is 1. The number of amides is 1. The van der Waals surface area contributed by atoms with Gasteiger partial charge in [0.1, 0.15) is 0 Å². The number of carbonyl (C=O) groups is 1. The minimum Gasteiger partial charge on any atom is -0.349 e. The number of hydrogen-bond acceptors (Lipinski definition) is 2. The Morgan fingerprint density at radius 1 is 1.37 bits per heavy atom. The van der Waals surface area contributed by atoms with Crippen LogP contribution in [0, 0.1) is 0 Å². The molecule has 0 spiro atoms. The molecule has 0 radical (unpaired) electrons. The molecule has 0 bridgehead atoms. The van der Waals surface area contributed by atoms with Crippen LogP contribution in [0.25, 0.3) is 0 Å². The summed E-state index contributed by atoms with van der Waals surface area (Å²) in [4.78, 5) is 13.1. The van der Waals surface area contributed by atoms with Crippen LogP contribution >= 0.6 is 11.6 Å². The quantitative estimate of drug-likeness (QED) is 0.899. The molecule has 0 heterocycles. The Morgan fingerprint density at radius 2 is 2.05 bits per heavy atom. The number of halogens is 1. The second-order valence-electron chi connectivity index (χ2n) is 5.38. The summed E-state index contributed by atoms with van der Waals surface area (Å²) in [7, 11) is 3.58. The molecule has 3 nitrogen and oxygen atoms in total. The molecule has 1 fully saturated rings. The highest BCUT2D eigenvalue weighted by molar-refractivity contribution is 6.31. The Balaban J connectivity index is 1.70. The predicted octanol–water partition coefficient (Wildman–Crippen LogP) is 2.65. The molecule has 1 aromatic rings. The van der Waals surface area contributed by atoms with Crippen LogP contribution < -0.4 is 5.32 Å². The number of nitrogens with zero attached hydrogens (tertiary/aromatic N) is 1. The molecule has 0 aromatic heterocycles. The van der Waals surface area contributed by atoms with Crippen molar-refractivity contribution >= 4 is 17.5 Å². The summed E-state index contributed by atoms with van der Waals surface area (Å²) < 4.78 is 0. The lowest BCUT2D eigenvalue weighted by Gasteiger charge is -2.36. The largest absolute Gasteiger partial charge is 0.349 e. The van der Waals surface area contributed by atoms with Gasteiger partial charge in [0.2, 0.25) is 5.91 Å². The number of benzene rings is 1. The van der Waals surface area contributed by atoms with Crippen LogP contribution in [-0.4, -0.2) is 37.5 Å². The highest BCUT2D eigenvalue weighted by Gasteiger charge is 2.30. The first-order valence-corrected chi connectivity index (χ1v) is 7.13. The maximum Gasteiger partial charge on any atom is 0.223 e. The van der Waals surface area contributed by atoms with Gasteiger partial charge in [-0.05, 0) is 30.4 Å². The molecule has 1 saturated carbocycles. The van der Waals surface area contributed by atoms with Gasteiger partial charge >= 0.3 is 0 Å². The molecule has 19 heavy (non-hydrogen) atoms. The van der Waals surface area contributed by atoms with Crippen molar-refractivity contribution in [1.82, 2.24) is 10.2 Å². The minimum absolute atomic E-state index is 0.175. The monoisotopic (exact) mass is 280 g/mol. The molecular formula is C15H21ClN2O. The van der Waals surface area contributed by atoms with Gasteiger partial charge in [-0.3, -0.25) is 4.79 Å². The third-order valence-corrected chi connectivity index (χ3v) is 4.10. The summed E-state index contributed by atoms with van der Waals surface area (Å²) >= 11 is 6.19. The van der Waals surface area contributed by atoms with E-state index in [4.69, 9.17) is 11.6 Å². The van der Waals surface area contributed by atoms with Crippen LogP contribution in [-0.2, 0) is 4.79 Å². The van der Waals surface area contributed by atoms with E-state index in [9.17, 15) is 4.79 Å². The van der Waals surface area contributed by atoms with Gasteiger partial charge in [0, 0.05) is 38.1 Å². The first-order valence-electron chi connectivity index (χ1n) is 6.76. The van der Waals surface area contributed by atoms with E-state index in [1.54, 1.807) is 19.0 Å². The SMILES string of the molecule is CN(C)C(=O)CCNC1CC(c2ccccc2Cl)C1. The number of nitrogens with one attached hydrogen (secondary N) is 1. The van der Waals surface area contributed by atoms with Crippen molar-refractivity contribution in [2.24, 2.45) is 0 Å². The van der Waals surface area contributed by atoms with Crippen LogP contribution in [0.3, 0.4) is 0 Å². The van der Waals surface area contributed by atoms with Crippen molar-refractivity contribution < 1.29 is 4.79 Å². The smallest absolute Gasteiger partial charge is 0.223 e. The van der Waals surface area contributed by atoms with Gasteiger partial charge in [0.05, 0.1) is 0 Å². The van der Waals surface area contributed by atoms with E-state index in [2.05, 4.69) is 11.4 Å². The van der Waals surface area contributed by atoms with E-state index >= 15 is 0 Å². The molecule has 1 aliphatic rings. The molecule has 1 amide bonds. The Labute approximate surface area is 119 Å². The van der Waals surface area contributed by atoms with Crippen LogP contribution in [0.4, 0.5) is 0 Å². The maximum absolute atomic E-state index is 11.4. The van der Waals surface area contributed by atoms with Crippen molar-refractivity contribution in [2.75, 3.05) is 20.6 Å². The Kier molecular flexibility index (Phi) is 4.83. The third-order valence-electron chi connectivity index (χ3n) is 3.75. The van der Waals surface area contributed by atoms with Crippen LogP contribution in [0.15, 0.2) is 24.3 Å². The molecule has 0 atom stereocenters. The molecule has 0 unspecified atom stereocenters. The zero-order valence-electron chi connectivity index (χ0n) is 11.5. The number of rotatable bonds is 5. The van der Waals surface area contributed by atoms with Crippen molar-refractivity contribution in [3.8, 4) is 0 Å². The van der Waals surface area contributed by atoms with E-state index in [0.29, 0.717) is 18.4 Å². The maximum atomic E-state index is 11.4. The van der Waals surface area contributed by atoms with Crippen LogP contribution in [0.5, 0.6) is 0 Å². The van der Waals surface area contributed by atoms with E-state index in [0.717, 1.165) is 24.4 Å². The van der Waals surface area contributed by atoms with Crippen molar-refractivity contribution in [3.05, 3.63) is 34.9 Å². The Morgan fingerprint density at radius 3 is 2.68 bits per heavy atom. The van der Waals surface area contributed by atoms with Gasteiger partial charge in [-0.2, -0.15) is 0 Å². The van der Waals surface area contributed by atoms with Gasteiger partial charge in [-0.15, -0.1) is 0 Å². The summed E-state index contributed by atoms with van der Waals surface area (Å²) in [5.74, 6) is 0.741. The normalized spacial score (nSPS) is 21.8. The molecular weight excluding hydrogens is 260 g/mol. The molecule has 1 N–H and O–H groups in total. The predicted molar refractivity (Wildman–Crippen MR) is 78.5 cm³/mol. The average molecular weight is 281 g/mol. The van der Waals surface area contributed by atoms with Crippen LogP contribution in [0.1, 0.15) is 30.7 Å². The second-order valence-corrected chi connectivity index (χ2v) is 5.79. The summed E-state index contributed by atoms with van der Waals surface area (Å²) in [6, 6.07) is 8.59. The fourth-order valence-corrected chi connectivity index (χ4v) is 2.74. The highest BCUT2D eigenvalue weighted by atomic mass is 35.5. The molecule has 1 aromatic carbocycles. The van der Waals surface area contributed by atoms with Gasteiger partial charge in [0.25, 0.3) is 0 Å². The van der Waals surface area contributed by atoms with Gasteiger partial charge in [-0.25, -0.2) is 0 Å². The topological polar surface area (TPSA) is 32.3 Å². The van der Waals surface area contributed by atoms with Gasteiger partial charge in [0.15, 0.2) is 0 Å². The van der Waals surface area contributed by atoms with Crippen molar-refractivity contribution in [2.45, 2.75) is 31.2 Å². The molecule has 0 aliphatic heterocycles. The fraction of sp³-hybridized carbons (Fsp3) is 0.533. The van der Waals surface area contributed by atoms with E-state index in [1.165, 1.54) is 5.56 Å².